The van der Waals surface area contributed by atoms with Crippen molar-refractivity contribution in [3.63, 3.8) is 0 Å². The van der Waals surface area contributed by atoms with Gasteiger partial charge in [-0.15, -0.1) is 0 Å². The summed E-state index contributed by atoms with van der Waals surface area (Å²) in [6, 6.07) is 0. The van der Waals surface area contributed by atoms with E-state index in [-0.39, 0.29) is 31.1 Å². The predicted octanol–water partition coefficient (Wildman–Crippen LogP) is 19.9. The van der Waals surface area contributed by atoms with Gasteiger partial charge in [0.25, 0.3) is 0 Å². The van der Waals surface area contributed by atoms with E-state index >= 15 is 0 Å². The van der Waals surface area contributed by atoms with Crippen molar-refractivity contribution in [3.8, 4) is 0 Å². The molecule has 0 N–H and O–H groups in total. The molecule has 0 saturated heterocycles. The second kappa shape index (κ2) is 56.5. The van der Waals surface area contributed by atoms with E-state index in [1.165, 1.54) is 231 Å². The van der Waals surface area contributed by atoms with Gasteiger partial charge in [-0.3, -0.25) is 14.4 Å². The molecule has 0 fully saturated rings. The average Bonchev–Trinajstić information content (AvgIpc) is 3.33. The monoisotopic (exact) mass is 943 g/mol. The Morgan fingerprint density at radius 1 is 0.284 bits per heavy atom. The maximum Gasteiger partial charge on any atom is 0.306 e. The van der Waals surface area contributed by atoms with Crippen LogP contribution >= 0.6 is 0 Å². The summed E-state index contributed by atoms with van der Waals surface area (Å²) in [4.78, 5) is 38.2. The van der Waals surface area contributed by atoms with E-state index in [9.17, 15) is 14.4 Å². The van der Waals surface area contributed by atoms with Gasteiger partial charge in [-0.25, -0.2) is 0 Å². The summed E-state index contributed by atoms with van der Waals surface area (Å²) in [7, 11) is 0. The number of hydrogen-bond donors (Lipinski definition) is 0. The fourth-order valence-electron chi connectivity index (χ4n) is 8.91. The fourth-order valence-corrected chi connectivity index (χ4v) is 8.91. The SMILES string of the molecule is CCCCCCCC/C=C\CCCCCCCCCC(=O)OC[C@@H](COC(=O)CCCCCCCCCCCCCCCCC)OC(=O)CCCCCCCCC/C=C\CCCCCCCC. The van der Waals surface area contributed by atoms with Gasteiger partial charge in [-0.1, -0.05) is 263 Å². The molecule has 0 unspecified atom stereocenters. The normalized spacial score (nSPS) is 12.1. The lowest BCUT2D eigenvalue weighted by Crippen LogP contribution is -2.30. The zero-order valence-electron chi connectivity index (χ0n) is 45.2. The molecular weight excluding hydrogens is 829 g/mol. The van der Waals surface area contributed by atoms with Crippen molar-refractivity contribution in [3.05, 3.63) is 24.3 Å². The highest BCUT2D eigenvalue weighted by atomic mass is 16.6. The van der Waals surface area contributed by atoms with E-state index in [1.54, 1.807) is 0 Å². The highest BCUT2D eigenvalue weighted by Crippen LogP contribution is 2.17. The van der Waals surface area contributed by atoms with Crippen LogP contribution in [0.4, 0.5) is 0 Å². The molecule has 1 atom stereocenters. The van der Waals surface area contributed by atoms with E-state index in [0.717, 1.165) is 57.8 Å². The summed E-state index contributed by atoms with van der Waals surface area (Å²) in [6.45, 7) is 6.68. The molecule has 0 aromatic heterocycles. The molecule has 0 radical (unpaired) electrons. The van der Waals surface area contributed by atoms with Crippen LogP contribution in [0.15, 0.2) is 24.3 Å². The van der Waals surface area contributed by atoms with E-state index in [1.807, 2.05) is 0 Å². The molecule has 0 bridgehead atoms. The summed E-state index contributed by atoms with van der Waals surface area (Å²) in [6.07, 6.45) is 65.9. The maximum atomic E-state index is 12.9. The summed E-state index contributed by atoms with van der Waals surface area (Å²) in [5, 5.41) is 0. The second-order valence-corrected chi connectivity index (χ2v) is 20.3. The van der Waals surface area contributed by atoms with Gasteiger partial charge < -0.3 is 14.2 Å². The highest BCUT2D eigenvalue weighted by Gasteiger charge is 2.19. The Morgan fingerprint density at radius 2 is 0.493 bits per heavy atom. The third-order valence-corrected chi connectivity index (χ3v) is 13.4. The minimum Gasteiger partial charge on any atom is -0.462 e. The Hall–Kier alpha value is -2.11. The van der Waals surface area contributed by atoms with Crippen LogP contribution < -0.4 is 0 Å². The van der Waals surface area contributed by atoms with Crippen LogP contribution in [0, 0.1) is 0 Å². The lowest BCUT2D eigenvalue weighted by molar-refractivity contribution is -0.167. The van der Waals surface area contributed by atoms with Gasteiger partial charge >= 0.3 is 17.9 Å². The molecular formula is C61H114O6. The average molecular weight is 944 g/mol. The molecule has 0 aliphatic carbocycles. The molecule has 0 aliphatic heterocycles. The molecule has 6 heteroatoms. The van der Waals surface area contributed by atoms with Gasteiger partial charge in [0.15, 0.2) is 6.10 Å². The van der Waals surface area contributed by atoms with Crippen molar-refractivity contribution in [1.29, 1.82) is 0 Å². The molecule has 0 aromatic carbocycles. The molecule has 0 aromatic rings. The molecule has 6 nitrogen and oxygen atoms in total. The molecule has 67 heavy (non-hydrogen) atoms. The Morgan fingerprint density at radius 3 is 0.746 bits per heavy atom. The summed E-state index contributed by atoms with van der Waals surface area (Å²) < 4.78 is 16.9. The zero-order chi connectivity index (χ0) is 48.6. The van der Waals surface area contributed by atoms with Crippen LogP contribution in [0.5, 0.6) is 0 Å². The maximum absolute atomic E-state index is 12.9. The topological polar surface area (TPSA) is 78.9 Å². The van der Waals surface area contributed by atoms with Gasteiger partial charge in [-0.2, -0.15) is 0 Å². The molecule has 0 rings (SSSR count). The molecule has 0 heterocycles. The number of carbonyl (C=O) groups is 3. The van der Waals surface area contributed by atoms with Crippen LogP contribution in [0.2, 0.25) is 0 Å². The molecule has 0 aliphatic rings. The lowest BCUT2D eigenvalue weighted by atomic mass is 10.0. The van der Waals surface area contributed by atoms with Crippen LogP contribution in [0.3, 0.4) is 0 Å². The molecule has 0 amide bonds. The van der Waals surface area contributed by atoms with Gasteiger partial charge in [0, 0.05) is 19.3 Å². The van der Waals surface area contributed by atoms with Crippen molar-refractivity contribution in [2.24, 2.45) is 0 Å². The van der Waals surface area contributed by atoms with E-state index in [4.69, 9.17) is 14.2 Å². The van der Waals surface area contributed by atoms with Crippen molar-refractivity contribution >= 4 is 17.9 Å². The van der Waals surface area contributed by atoms with Gasteiger partial charge in [0.05, 0.1) is 0 Å². The first-order valence-corrected chi connectivity index (χ1v) is 29.8. The van der Waals surface area contributed by atoms with Crippen LogP contribution in [-0.2, 0) is 28.6 Å². The second-order valence-electron chi connectivity index (χ2n) is 20.3. The van der Waals surface area contributed by atoms with E-state index < -0.39 is 6.10 Å². The Labute approximate surface area is 417 Å². The third kappa shape index (κ3) is 54.7. The highest BCUT2D eigenvalue weighted by molar-refractivity contribution is 5.71. The van der Waals surface area contributed by atoms with Gasteiger partial charge in [0.1, 0.15) is 13.2 Å². The first-order chi connectivity index (χ1) is 33.0. The first kappa shape index (κ1) is 64.9. The summed E-state index contributed by atoms with van der Waals surface area (Å²) in [5.74, 6) is -0.857. The minimum absolute atomic E-state index is 0.0697. The summed E-state index contributed by atoms with van der Waals surface area (Å²) in [5.41, 5.74) is 0. The van der Waals surface area contributed by atoms with E-state index in [0.29, 0.717) is 19.3 Å². The zero-order valence-corrected chi connectivity index (χ0v) is 45.2. The number of carbonyl (C=O) groups excluding carboxylic acids is 3. The number of rotatable bonds is 55. The molecule has 394 valence electrons. The fraction of sp³-hybridized carbons (Fsp3) is 0.885. The number of hydrogen-bond acceptors (Lipinski definition) is 6. The van der Waals surface area contributed by atoms with Crippen LogP contribution in [-0.4, -0.2) is 37.2 Å². The number of unbranched alkanes of at least 4 members (excludes halogenated alkanes) is 40. The van der Waals surface area contributed by atoms with Crippen molar-refractivity contribution in [2.75, 3.05) is 13.2 Å². The minimum atomic E-state index is -0.772. The first-order valence-electron chi connectivity index (χ1n) is 29.8. The van der Waals surface area contributed by atoms with Gasteiger partial charge in [-0.05, 0) is 70.6 Å². The number of ether oxygens (including phenoxy) is 3. The Bertz CT molecular complexity index is 1080. The molecule has 0 saturated carbocycles. The van der Waals surface area contributed by atoms with Crippen LogP contribution in [0.25, 0.3) is 0 Å². The van der Waals surface area contributed by atoms with Gasteiger partial charge in [0.2, 0.25) is 0 Å². The predicted molar refractivity (Wildman–Crippen MR) is 289 cm³/mol. The van der Waals surface area contributed by atoms with Crippen molar-refractivity contribution in [1.82, 2.24) is 0 Å². The molecule has 0 spiro atoms. The number of allylic oxidation sites excluding steroid dienone is 4. The Balaban J connectivity index is 4.34. The van der Waals surface area contributed by atoms with Crippen LogP contribution in [0.1, 0.15) is 329 Å². The van der Waals surface area contributed by atoms with Crippen molar-refractivity contribution in [2.45, 2.75) is 335 Å². The Kier molecular flexibility index (Phi) is 54.7. The largest absolute Gasteiger partial charge is 0.462 e. The third-order valence-electron chi connectivity index (χ3n) is 13.4. The quantitative estimate of drug-likeness (QED) is 0.0262. The lowest BCUT2D eigenvalue weighted by Gasteiger charge is -2.18. The van der Waals surface area contributed by atoms with Crippen molar-refractivity contribution < 1.29 is 28.6 Å². The standard InChI is InChI=1S/C61H114O6/c1-4-7-10-13-16-19-22-25-28-30-33-36-39-42-45-48-51-54-60(63)66-57-58(56-65-59(62)53-50-47-44-41-38-35-32-27-24-21-18-15-12-9-6-3)67-61(64)55-52-49-46-43-40-37-34-31-29-26-23-20-17-14-11-8-5-2/h25-26,28-29,58H,4-24,27,30-57H2,1-3H3/b28-25-,29-26-/t58-/m1/s1. The number of esters is 3. The summed E-state index contributed by atoms with van der Waals surface area (Å²) >= 11 is 0. The van der Waals surface area contributed by atoms with E-state index in [2.05, 4.69) is 45.1 Å². The smallest absolute Gasteiger partial charge is 0.306 e.